The second-order valence-electron chi connectivity index (χ2n) is 7.73. The van der Waals surface area contributed by atoms with Gasteiger partial charge in [-0.3, -0.25) is 19.1 Å². The summed E-state index contributed by atoms with van der Waals surface area (Å²) < 4.78 is 66.0. The van der Waals surface area contributed by atoms with E-state index in [4.69, 9.17) is 5.11 Å². The predicted octanol–water partition coefficient (Wildman–Crippen LogP) is 4.49. The number of aryl methyl sites for hydroxylation is 1. The Labute approximate surface area is 204 Å². The average molecular weight is 587 g/mol. The molecule has 0 unspecified atom stereocenters. The van der Waals surface area contributed by atoms with Crippen LogP contribution in [0.1, 0.15) is 23.4 Å². The van der Waals surface area contributed by atoms with Crippen molar-refractivity contribution in [3.05, 3.63) is 51.8 Å². The van der Waals surface area contributed by atoms with E-state index in [-0.39, 0.29) is 43.6 Å². The Morgan fingerprint density at radius 1 is 1.11 bits per heavy atom. The Morgan fingerprint density at radius 3 is 2.37 bits per heavy atom. The van der Waals surface area contributed by atoms with E-state index in [1.54, 1.807) is 4.68 Å². The molecule has 0 saturated heterocycles. The summed E-state index contributed by atoms with van der Waals surface area (Å²) in [6.07, 6.45) is 2.25. The van der Waals surface area contributed by atoms with Crippen LogP contribution in [0.25, 0.3) is 6.08 Å². The van der Waals surface area contributed by atoms with E-state index in [2.05, 4.69) is 26.3 Å². The molecule has 3 rings (SSSR count). The molecule has 0 radical (unpaired) electrons. The molecule has 2 aromatic rings. The number of carboxylic acids is 1. The fourth-order valence-corrected chi connectivity index (χ4v) is 4.54. The van der Waals surface area contributed by atoms with Crippen LogP contribution < -0.4 is 5.32 Å². The van der Waals surface area contributed by atoms with Crippen molar-refractivity contribution < 1.29 is 38.9 Å². The highest BCUT2D eigenvalue weighted by Gasteiger charge is 2.65. The second kappa shape index (κ2) is 8.93. The van der Waals surface area contributed by atoms with Crippen LogP contribution >= 0.6 is 26.2 Å². The van der Waals surface area contributed by atoms with Crippen LogP contribution in [-0.2, 0) is 33.9 Å². The number of aliphatic carboxylic acids is 1. The molecule has 1 aliphatic heterocycles. The highest BCUT2D eigenvalue weighted by atomic mass is 79.9. The van der Waals surface area contributed by atoms with E-state index >= 15 is 0 Å². The van der Waals surface area contributed by atoms with Crippen molar-refractivity contribution in [2.75, 3.05) is 13.1 Å². The normalized spacial score (nSPS) is 15.9. The van der Waals surface area contributed by atoms with Crippen molar-refractivity contribution in [2.24, 2.45) is 0 Å². The van der Waals surface area contributed by atoms with E-state index in [0.29, 0.717) is 29.0 Å². The number of hydrogen-bond acceptors (Lipinski definition) is 4. The zero-order chi connectivity index (χ0) is 26.1. The predicted molar refractivity (Wildman–Crippen MR) is 121 cm³/mol. The van der Waals surface area contributed by atoms with Gasteiger partial charge in [0.15, 0.2) is 0 Å². The molecule has 2 amide bonds. The molecule has 192 valence electrons. The summed E-state index contributed by atoms with van der Waals surface area (Å²) in [6, 6.07) is 2.10. The van der Waals surface area contributed by atoms with E-state index < -0.39 is 32.9 Å². The third kappa shape index (κ3) is 7.04. The van der Waals surface area contributed by atoms with Crippen molar-refractivity contribution in [3.63, 3.8) is 0 Å². The molecule has 0 bridgehead atoms. The summed E-state index contributed by atoms with van der Waals surface area (Å²) in [6.45, 7) is 0.561. The Bertz CT molecular complexity index is 1200. The molecule has 1 aliphatic rings. The van der Waals surface area contributed by atoms with Gasteiger partial charge in [0.2, 0.25) is 11.8 Å². The Morgan fingerprint density at radius 2 is 1.77 bits per heavy atom. The van der Waals surface area contributed by atoms with Gasteiger partial charge in [0.05, 0.1) is 41.9 Å². The van der Waals surface area contributed by atoms with E-state index in [0.717, 1.165) is 24.3 Å². The minimum absolute atomic E-state index is 0.0859. The number of nitrogens with zero attached hydrogens (tertiary/aromatic N) is 3. The zero-order valence-electron chi connectivity index (χ0n) is 17.9. The molecule has 15 heteroatoms. The van der Waals surface area contributed by atoms with Crippen LogP contribution in [0, 0.1) is 0 Å². The second-order valence-corrected chi connectivity index (χ2v) is 10.9. The van der Waals surface area contributed by atoms with Crippen molar-refractivity contribution in [2.45, 2.75) is 30.8 Å². The Balaban J connectivity index is 1.53. The van der Waals surface area contributed by atoms with Gasteiger partial charge >= 0.3 is 16.2 Å². The maximum absolute atomic E-state index is 12.7. The lowest BCUT2D eigenvalue weighted by Gasteiger charge is -2.40. The Kier molecular flexibility index (Phi) is 6.80. The zero-order valence-corrected chi connectivity index (χ0v) is 20.3. The minimum Gasteiger partial charge on any atom is -0.481 e. The van der Waals surface area contributed by atoms with E-state index in [1.807, 2.05) is 0 Å². The number of carboxylic acid groups (broad SMARTS) is 1. The van der Waals surface area contributed by atoms with Crippen LogP contribution in [-0.4, -0.2) is 50.7 Å². The summed E-state index contributed by atoms with van der Waals surface area (Å²) in [5.74, 6) is -2.04. The summed E-state index contributed by atoms with van der Waals surface area (Å²) in [7, 11) is -9.76. The molecule has 2 N–H and O–H groups in total. The first-order valence-corrected chi connectivity index (χ1v) is 12.8. The molecule has 0 saturated carbocycles. The van der Waals surface area contributed by atoms with Gasteiger partial charge in [-0.15, -0.1) is 0 Å². The van der Waals surface area contributed by atoms with Gasteiger partial charge in [-0.05, 0) is 39.7 Å². The molecule has 0 atom stereocenters. The summed E-state index contributed by atoms with van der Waals surface area (Å²) in [5, 5.41) is 15.6. The lowest BCUT2D eigenvalue weighted by atomic mass is 10.2. The van der Waals surface area contributed by atoms with Gasteiger partial charge in [0.25, 0.3) is 0 Å². The number of carbonyl (C=O) groups is 3. The largest absolute Gasteiger partial charge is 0.481 e. The first-order chi connectivity index (χ1) is 16.0. The third-order valence-corrected chi connectivity index (χ3v) is 7.16. The highest BCUT2D eigenvalue weighted by Crippen LogP contribution is 3.02. The van der Waals surface area contributed by atoms with E-state index in [1.165, 1.54) is 4.90 Å². The molecule has 1 aromatic heterocycles. The topological polar surface area (TPSA) is 105 Å². The maximum Gasteiger partial charge on any atom is 0.310 e. The maximum atomic E-state index is 12.7. The summed E-state index contributed by atoms with van der Waals surface area (Å²) in [4.78, 5) is 34.7. The SMILES string of the molecule is O=C(O)CCc1nn2c(c1Br)CN(C(=O)CNC(=O)/C=C/c1ccc(S(F)(F)(F)(F)F)cc1)CC2. The highest BCUT2D eigenvalue weighted by molar-refractivity contribution is 9.10. The number of aromatic nitrogens is 2. The first-order valence-electron chi connectivity index (χ1n) is 10.1. The first kappa shape index (κ1) is 26.7. The summed E-state index contributed by atoms with van der Waals surface area (Å²) >= 11 is 3.39. The van der Waals surface area contributed by atoms with Gasteiger partial charge in [-0.1, -0.05) is 31.6 Å². The van der Waals surface area contributed by atoms with Crippen LogP contribution in [0.3, 0.4) is 0 Å². The van der Waals surface area contributed by atoms with Gasteiger partial charge in [-0.25, -0.2) is 0 Å². The fraction of sp³-hybridized carbons (Fsp3) is 0.300. The number of hydrogen-bond donors (Lipinski definition) is 2. The number of benzene rings is 1. The summed E-state index contributed by atoms with van der Waals surface area (Å²) in [5.41, 5.74) is 1.36. The molecule has 0 aliphatic carbocycles. The average Bonchev–Trinajstić information content (AvgIpc) is 3.08. The van der Waals surface area contributed by atoms with Gasteiger partial charge in [0.1, 0.15) is 4.90 Å². The number of nitrogens with one attached hydrogen (secondary N) is 1. The van der Waals surface area contributed by atoms with Crippen molar-refractivity contribution in [1.82, 2.24) is 20.0 Å². The quantitative estimate of drug-likeness (QED) is 0.350. The molecular weight excluding hydrogens is 567 g/mol. The minimum atomic E-state index is -9.76. The third-order valence-electron chi connectivity index (χ3n) is 5.08. The van der Waals surface area contributed by atoms with Gasteiger partial charge in [-0.2, -0.15) is 5.10 Å². The Hall–Kier alpha value is -2.94. The number of fused-ring (bicyclic) bond motifs is 1. The van der Waals surface area contributed by atoms with Crippen molar-refractivity contribution in [3.8, 4) is 0 Å². The fourth-order valence-electron chi connectivity index (χ4n) is 3.28. The van der Waals surface area contributed by atoms with E-state index in [9.17, 15) is 33.8 Å². The van der Waals surface area contributed by atoms with Gasteiger partial charge in [0, 0.05) is 19.0 Å². The van der Waals surface area contributed by atoms with Crippen LogP contribution in [0.15, 0.2) is 39.7 Å². The number of rotatable bonds is 8. The molecule has 1 aromatic carbocycles. The van der Waals surface area contributed by atoms with Crippen LogP contribution in [0.4, 0.5) is 19.4 Å². The lowest BCUT2D eigenvalue weighted by molar-refractivity contribution is -0.137. The van der Waals surface area contributed by atoms with Gasteiger partial charge < -0.3 is 15.3 Å². The molecular formula is C20H20BrF5N4O4S. The molecule has 0 spiro atoms. The standard InChI is InChI=1S/C20H20BrF5N4O4S/c21-20-15(6-8-19(33)34)28-30-10-9-29(12-16(20)30)18(32)11-27-17(31)7-3-13-1-4-14(5-2-13)35(22,23,24,25)26/h1-5,7H,6,8-12H2,(H,27,31)(H,33,34)/b7-3+. The molecule has 8 nitrogen and oxygen atoms in total. The smallest absolute Gasteiger partial charge is 0.310 e. The molecule has 2 heterocycles. The number of halogens is 6. The lowest BCUT2D eigenvalue weighted by Crippen LogP contribution is -2.43. The number of amides is 2. The monoisotopic (exact) mass is 586 g/mol. The molecule has 35 heavy (non-hydrogen) atoms. The van der Waals surface area contributed by atoms with Crippen LogP contribution in [0.5, 0.6) is 0 Å². The van der Waals surface area contributed by atoms with Crippen molar-refractivity contribution in [1.29, 1.82) is 0 Å². The number of carbonyl (C=O) groups excluding carboxylic acids is 2. The molecule has 0 fully saturated rings. The van der Waals surface area contributed by atoms with Crippen molar-refractivity contribution >= 4 is 50.0 Å². The van der Waals surface area contributed by atoms with Crippen LogP contribution in [0.2, 0.25) is 0 Å².